The summed E-state index contributed by atoms with van der Waals surface area (Å²) in [4.78, 5) is 227. The SMILES string of the molecule is CC(C)C[C@H](NC(=O)[C@H](C)NC(=O)[C@@H](NC(=O)[C@@H](NC(=O)[C@H](C)NC(=O)[C@H](CO)NC(=O)[C@H](CCCCN)NC(=O)[C@H](CCC(=O)O)NC(=O)[C@@H](N)CCC(=O)O)C(C)C)[C@@H](C)O)C(=O)N[C@@H](Cc1c[nH]c2ccccc12)C(=O)NCC(=O)N[C@@H](CCCCN)C(=O)N[C@H](C(=O)N[C@@H](CC(=O)O)C(=O)O)C(C)C. The maximum atomic E-state index is 14.4. The van der Waals surface area contributed by atoms with Crippen LogP contribution in [0.5, 0.6) is 0 Å². The number of carboxylic acids is 4. The van der Waals surface area contributed by atoms with Gasteiger partial charge in [-0.05, 0) is 121 Å². The van der Waals surface area contributed by atoms with Crippen molar-refractivity contribution in [1.82, 2.24) is 74.1 Å². The van der Waals surface area contributed by atoms with E-state index in [-0.39, 0.29) is 57.5 Å². The summed E-state index contributed by atoms with van der Waals surface area (Å²) >= 11 is 0. The number of carboxylic acid groups (broad SMARTS) is 4. The molecule has 1 heterocycles. The quantitative estimate of drug-likeness (QED) is 0.0275. The molecule has 0 radical (unpaired) electrons. The fraction of sp³-hybridized carbons (Fsp3) is 0.632. The van der Waals surface area contributed by atoms with Gasteiger partial charge in [0.25, 0.3) is 0 Å². The highest BCUT2D eigenvalue weighted by Crippen LogP contribution is 2.20. The Morgan fingerprint density at radius 2 is 0.861 bits per heavy atom. The number of nitrogens with two attached hydrogens (primary N) is 3. The number of fused-ring (bicyclic) bond motifs is 1. The third kappa shape index (κ3) is 33.1. The summed E-state index contributed by atoms with van der Waals surface area (Å²) in [5.74, 6) is -20.5. The van der Waals surface area contributed by atoms with Crippen LogP contribution in [0.4, 0.5) is 0 Å². The van der Waals surface area contributed by atoms with Crippen molar-refractivity contribution in [3.63, 3.8) is 0 Å². The van der Waals surface area contributed by atoms with E-state index in [0.717, 1.165) is 6.92 Å². The van der Waals surface area contributed by atoms with E-state index in [0.29, 0.717) is 35.7 Å². The van der Waals surface area contributed by atoms with E-state index in [1.54, 1.807) is 44.3 Å². The van der Waals surface area contributed by atoms with Gasteiger partial charge in [0.2, 0.25) is 76.8 Å². The van der Waals surface area contributed by atoms with Gasteiger partial charge >= 0.3 is 23.9 Å². The van der Waals surface area contributed by atoms with Crippen LogP contribution in [0.1, 0.15) is 145 Å². The highest BCUT2D eigenvalue weighted by molar-refractivity contribution is 6.00. The van der Waals surface area contributed by atoms with Gasteiger partial charge in [-0.2, -0.15) is 0 Å². The van der Waals surface area contributed by atoms with Crippen LogP contribution in [0.25, 0.3) is 10.9 Å². The highest BCUT2D eigenvalue weighted by atomic mass is 16.4. The van der Waals surface area contributed by atoms with E-state index in [4.69, 9.17) is 22.3 Å². The molecule has 2 aromatic rings. The van der Waals surface area contributed by atoms with Gasteiger partial charge in [0.1, 0.15) is 72.5 Å². The number of benzene rings is 1. The molecule has 604 valence electrons. The zero-order valence-corrected chi connectivity index (χ0v) is 62.1. The molecule has 13 amide bonds. The second kappa shape index (κ2) is 47.3. The molecule has 1 aromatic heterocycles. The van der Waals surface area contributed by atoms with E-state index in [2.05, 4.69) is 74.1 Å². The number of amides is 13. The Balaban J connectivity index is 2.30. The minimum absolute atomic E-state index is 0.0192. The number of carbonyl (C=O) groups excluding carboxylic acids is 13. The Bertz CT molecular complexity index is 3440. The van der Waals surface area contributed by atoms with E-state index in [1.165, 1.54) is 41.5 Å². The first-order valence-electron chi connectivity index (χ1n) is 35.5. The molecule has 40 nitrogen and oxygen atoms in total. The third-order valence-corrected chi connectivity index (χ3v) is 16.8. The maximum absolute atomic E-state index is 14.4. The Morgan fingerprint density at radius 1 is 0.435 bits per heavy atom. The Hall–Kier alpha value is -10.4. The first kappa shape index (κ1) is 93.6. The number of para-hydroxylation sites is 1. The first-order valence-corrected chi connectivity index (χ1v) is 35.5. The number of H-pyrrole nitrogens is 1. The van der Waals surface area contributed by atoms with Gasteiger partial charge in [0.15, 0.2) is 0 Å². The van der Waals surface area contributed by atoms with E-state index >= 15 is 0 Å². The Kier molecular flexibility index (Phi) is 41.0. The fourth-order valence-electron chi connectivity index (χ4n) is 10.7. The lowest BCUT2D eigenvalue weighted by Crippen LogP contribution is -2.62. The molecule has 0 saturated carbocycles. The lowest BCUT2D eigenvalue weighted by Gasteiger charge is -2.29. The van der Waals surface area contributed by atoms with E-state index < -0.39 is 236 Å². The van der Waals surface area contributed by atoms with Crippen LogP contribution in [0, 0.1) is 17.8 Å². The number of aliphatic hydroxyl groups excluding tert-OH is 2. The molecule has 1 aromatic carbocycles. The van der Waals surface area contributed by atoms with Gasteiger partial charge in [0, 0.05) is 36.4 Å². The molecule has 0 fully saturated rings. The summed E-state index contributed by atoms with van der Waals surface area (Å²) in [6, 6.07) is -13.1. The normalized spacial score (nSPS) is 15.2. The standard InChI is InChI=1S/C68H109N17O23/c1-32(2)26-45(63(102)80-46(27-38-29-72-41-17-11-10-16-39(38)41)59(98)73-30-49(88)76-42(18-12-14-24-69)62(101)84-53(33(3)4)65(104)81-47(68(107)108)28-52(93)94)79-56(95)35(7)75-67(106)55(37(9)87)85-66(105)54(34(5)6)83-57(96)36(8)74-64(103)48(31-86)82-60(99)43(19-13-15-25-70)78-61(100)44(21-23-51(91)92)77-58(97)40(71)20-22-50(89)90/h10-11,16-17,29,32-37,40,42-48,53-55,72,86-87H,12-15,18-28,30-31,69-71H2,1-9H3,(H,73,98)(H,74,103)(H,75,106)(H,76,88)(H,77,97)(H,78,100)(H,79,95)(H,80,102)(H,81,104)(H,82,99)(H,83,96)(H,84,101)(H,85,105)(H,89,90)(H,91,92)(H,93,94)(H,107,108)/t35-,36-,37+,40-,42-,43-,44-,45-,46-,47-,48-,53-,54-,55-/m0/s1. The summed E-state index contributed by atoms with van der Waals surface area (Å²) < 4.78 is 0. The van der Waals surface area contributed by atoms with Crippen molar-refractivity contribution >= 4 is 112 Å². The number of hydrogen-bond donors (Lipinski definition) is 23. The molecule has 0 aliphatic rings. The zero-order valence-electron chi connectivity index (χ0n) is 62.1. The van der Waals surface area contributed by atoms with Gasteiger partial charge in [-0.1, -0.05) is 59.7 Å². The van der Waals surface area contributed by atoms with Crippen molar-refractivity contribution in [2.75, 3.05) is 26.2 Å². The summed E-state index contributed by atoms with van der Waals surface area (Å²) in [5.41, 5.74) is 18.3. The summed E-state index contributed by atoms with van der Waals surface area (Å²) in [7, 11) is 0. The summed E-state index contributed by atoms with van der Waals surface area (Å²) in [5, 5.41) is 90.1. The van der Waals surface area contributed by atoms with E-state index in [1.807, 2.05) is 0 Å². The number of aliphatic carboxylic acids is 4. The molecule has 40 heteroatoms. The predicted molar refractivity (Wildman–Crippen MR) is 385 cm³/mol. The fourth-order valence-corrected chi connectivity index (χ4v) is 10.7. The average Bonchev–Trinajstić information content (AvgIpc) is 1.63. The highest BCUT2D eigenvalue weighted by Gasteiger charge is 2.38. The molecule has 14 atom stereocenters. The molecular formula is C68H109N17O23. The summed E-state index contributed by atoms with van der Waals surface area (Å²) in [6.07, 6.45) is -2.15. The molecule has 0 aliphatic heterocycles. The molecule has 108 heavy (non-hydrogen) atoms. The van der Waals surface area contributed by atoms with Crippen molar-refractivity contribution in [3.8, 4) is 0 Å². The van der Waals surface area contributed by atoms with Gasteiger partial charge in [-0.3, -0.25) is 76.7 Å². The number of aliphatic hydroxyl groups is 2. The van der Waals surface area contributed by atoms with Crippen LogP contribution in [-0.4, -0.2) is 247 Å². The molecule has 0 unspecified atom stereocenters. The number of nitrogens with one attached hydrogen (secondary N) is 14. The molecule has 2 rings (SSSR count). The van der Waals surface area contributed by atoms with Crippen LogP contribution in [-0.2, 0) is 87.9 Å². The van der Waals surface area contributed by atoms with Crippen LogP contribution in [0.15, 0.2) is 30.5 Å². The van der Waals surface area contributed by atoms with Gasteiger partial charge in [0.05, 0.1) is 31.7 Å². The lowest BCUT2D eigenvalue weighted by molar-refractivity contribution is -0.147. The molecule has 0 aliphatic carbocycles. The second-order valence-corrected chi connectivity index (χ2v) is 27.2. The van der Waals surface area contributed by atoms with Gasteiger partial charge in [-0.15, -0.1) is 0 Å². The van der Waals surface area contributed by atoms with Crippen molar-refractivity contribution in [2.24, 2.45) is 35.0 Å². The van der Waals surface area contributed by atoms with Gasteiger partial charge in [-0.25, -0.2) is 4.79 Å². The number of aromatic amines is 1. The van der Waals surface area contributed by atoms with Gasteiger partial charge < -0.3 is 122 Å². The lowest BCUT2D eigenvalue weighted by atomic mass is 10.0. The number of aromatic nitrogens is 1. The van der Waals surface area contributed by atoms with Crippen molar-refractivity contribution in [3.05, 3.63) is 36.0 Å². The van der Waals surface area contributed by atoms with Crippen LogP contribution >= 0.6 is 0 Å². The minimum Gasteiger partial charge on any atom is -0.481 e. The third-order valence-electron chi connectivity index (χ3n) is 16.8. The predicted octanol–water partition coefficient (Wildman–Crippen LogP) is -5.71. The number of carbonyl (C=O) groups is 17. The largest absolute Gasteiger partial charge is 0.481 e. The van der Waals surface area contributed by atoms with Crippen molar-refractivity contribution in [1.29, 1.82) is 0 Å². The summed E-state index contributed by atoms with van der Waals surface area (Å²) in [6.45, 7) is 11.6. The van der Waals surface area contributed by atoms with Crippen LogP contribution < -0.4 is 86.3 Å². The Labute approximate surface area is 623 Å². The maximum Gasteiger partial charge on any atom is 0.326 e. The number of unbranched alkanes of at least 4 members (excludes halogenated alkanes) is 2. The molecule has 0 saturated heterocycles. The first-order chi connectivity index (χ1) is 50.7. The number of hydrogen-bond acceptors (Lipinski definition) is 22. The molecular weight excluding hydrogens is 1420 g/mol. The number of rotatable bonds is 51. The van der Waals surface area contributed by atoms with Crippen LogP contribution in [0.3, 0.4) is 0 Å². The topological polar surface area (TPSA) is 662 Å². The minimum atomic E-state index is -1.84. The molecule has 0 spiro atoms. The van der Waals surface area contributed by atoms with E-state index in [9.17, 15) is 107 Å². The molecule has 0 bridgehead atoms. The zero-order chi connectivity index (χ0) is 81.8. The molecule has 26 N–H and O–H groups in total. The smallest absolute Gasteiger partial charge is 0.326 e. The van der Waals surface area contributed by atoms with Crippen LogP contribution in [0.2, 0.25) is 0 Å². The van der Waals surface area contributed by atoms with Crippen molar-refractivity contribution in [2.45, 2.75) is 230 Å². The monoisotopic (exact) mass is 1530 g/mol. The average molecular weight is 1530 g/mol. The Morgan fingerprint density at radius 3 is 1.38 bits per heavy atom. The van der Waals surface area contributed by atoms with Crippen molar-refractivity contribution < 1.29 is 112 Å². The second-order valence-electron chi connectivity index (χ2n) is 27.2.